The SMILES string of the molecule is CCc1nc(NN)c(C)c(NC(C)C2CCCO2)n1. The van der Waals surface area contributed by atoms with Crippen molar-refractivity contribution < 1.29 is 4.74 Å². The molecule has 2 rings (SSSR count). The molecule has 1 fully saturated rings. The molecule has 1 saturated heterocycles. The quantitative estimate of drug-likeness (QED) is 0.554. The second-order valence-electron chi connectivity index (χ2n) is 4.94. The van der Waals surface area contributed by atoms with E-state index < -0.39 is 0 Å². The number of hydrogen-bond donors (Lipinski definition) is 3. The smallest absolute Gasteiger partial charge is 0.148 e. The summed E-state index contributed by atoms with van der Waals surface area (Å²) >= 11 is 0. The number of aromatic nitrogens is 2. The zero-order valence-corrected chi connectivity index (χ0v) is 11.9. The van der Waals surface area contributed by atoms with E-state index in [0.717, 1.165) is 43.1 Å². The van der Waals surface area contributed by atoms with Gasteiger partial charge >= 0.3 is 0 Å². The number of rotatable bonds is 5. The Balaban J connectivity index is 2.18. The van der Waals surface area contributed by atoms with Gasteiger partial charge in [0.1, 0.15) is 17.5 Å². The van der Waals surface area contributed by atoms with Crippen LogP contribution in [-0.2, 0) is 11.2 Å². The Morgan fingerprint density at radius 1 is 1.42 bits per heavy atom. The minimum Gasteiger partial charge on any atom is -0.376 e. The van der Waals surface area contributed by atoms with Gasteiger partial charge in [-0.1, -0.05) is 6.92 Å². The van der Waals surface area contributed by atoms with Gasteiger partial charge in [0.2, 0.25) is 0 Å². The average molecular weight is 265 g/mol. The summed E-state index contributed by atoms with van der Waals surface area (Å²) in [5.41, 5.74) is 3.57. The summed E-state index contributed by atoms with van der Waals surface area (Å²) in [6, 6.07) is 0.228. The summed E-state index contributed by atoms with van der Waals surface area (Å²) in [6.45, 7) is 6.96. The largest absolute Gasteiger partial charge is 0.376 e. The minimum atomic E-state index is 0.228. The van der Waals surface area contributed by atoms with E-state index in [9.17, 15) is 0 Å². The van der Waals surface area contributed by atoms with E-state index in [4.69, 9.17) is 10.6 Å². The molecule has 4 N–H and O–H groups in total. The van der Waals surface area contributed by atoms with E-state index in [1.165, 1.54) is 0 Å². The monoisotopic (exact) mass is 265 g/mol. The number of anilines is 2. The van der Waals surface area contributed by atoms with Crippen molar-refractivity contribution >= 4 is 11.6 Å². The van der Waals surface area contributed by atoms with Crippen LogP contribution in [-0.4, -0.2) is 28.7 Å². The summed E-state index contributed by atoms with van der Waals surface area (Å²) in [7, 11) is 0. The van der Waals surface area contributed by atoms with Gasteiger partial charge in [-0.15, -0.1) is 0 Å². The second-order valence-corrected chi connectivity index (χ2v) is 4.94. The van der Waals surface area contributed by atoms with Gasteiger partial charge in [0.05, 0.1) is 12.1 Å². The zero-order valence-electron chi connectivity index (χ0n) is 11.9. The number of aryl methyl sites for hydroxylation is 1. The molecule has 0 spiro atoms. The summed E-state index contributed by atoms with van der Waals surface area (Å²) in [6.07, 6.45) is 3.27. The number of nitrogens with zero attached hydrogens (tertiary/aromatic N) is 2. The van der Waals surface area contributed by atoms with Crippen LogP contribution in [0.25, 0.3) is 0 Å². The molecule has 0 saturated carbocycles. The Labute approximate surface area is 114 Å². The number of nitrogens with one attached hydrogen (secondary N) is 2. The lowest BCUT2D eigenvalue weighted by Crippen LogP contribution is -2.31. The van der Waals surface area contributed by atoms with Gasteiger partial charge in [0.25, 0.3) is 0 Å². The summed E-state index contributed by atoms with van der Waals surface area (Å²) < 4.78 is 5.69. The molecule has 0 radical (unpaired) electrons. The van der Waals surface area contributed by atoms with Gasteiger partial charge in [-0.25, -0.2) is 15.8 Å². The number of hydrogen-bond acceptors (Lipinski definition) is 6. The van der Waals surface area contributed by atoms with Crippen LogP contribution in [0.3, 0.4) is 0 Å². The fourth-order valence-corrected chi connectivity index (χ4v) is 2.31. The van der Waals surface area contributed by atoms with Crippen LogP contribution in [0, 0.1) is 6.92 Å². The van der Waals surface area contributed by atoms with Crippen molar-refractivity contribution in [2.24, 2.45) is 5.84 Å². The average Bonchev–Trinajstić information content (AvgIpc) is 2.95. The maximum atomic E-state index is 5.69. The maximum absolute atomic E-state index is 5.69. The van der Waals surface area contributed by atoms with Crippen LogP contribution in [0.4, 0.5) is 11.6 Å². The van der Waals surface area contributed by atoms with Gasteiger partial charge in [0, 0.05) is 18.6 Å². The third kappa shape index (κ3) is 3.13. The highest BCUT2D eigenvalue weighted by molar-refractivity contribution is 5.57. The zero-order chi connectivity index (χ0) is 13.8. The Hall–Kier alpha value is -1.40. The van der Waals surface area contributed by atoms with Crippen molar-refractivity contribution in [1.29, 1.82) is 0 Å². The fourth-order valence-electron chi connectivity index (χ4n) is 2.31. The molecule has 1 aliphatic rings. The molecule has 0 bridgehead atoms. The molecule has 1 aromatic heterocycles. The standard InChI is InChI=1S/C13H23N5O/c1-4-11-16-12(8(2)13(17-11)18-14)15-9(3)10-6-5-7-19-10/h9-10H,4-7,14H2,1-3H3,(H2,15,16,17,18). The molecule has 1 aromatic rings. The fraction of sp³-hybridized carbons (Fsp3) is 0.692. The van der Waals surface area contributed by atoms with E-state index in [2.05, 4.69) is 27.6 Å². The molecule has 0 aliphatic carbocycles. The van der Waals surface area contributed by atoms with Crippen molar-refractivity contribution in [2.45, 2.75) is 52.2 Å². The molecule has 0 aromatic carbocycles. The Morgan fingerprint density at radius 2 is 2.16 bits per heavy atom. The Morgan fingerprint density at radius 3 is 2.74 bits per heavy atom. The molecule has 1 aliphatic heterocycles. The highest BCUT2D eigenvalue weighted by Crippen LogP contribution is 2.23. The van der Waals surface area contributed by atoms with Gasteiger partial charge in [-0.2, -0.15) is 0 Å². The van der Waals surface area contributed by atoms with Crippen LogP contribution < -0.4 is 16.6 Å². The van der Waals surface area contributed by atoms with Crippen molar-refractivity contribution in [1.82, 2.24) is 9.97 Å². The number of nitrogens with two attached hydrogens (primary N) is 1. The lowest BCUT2D eigenvalue weighted by Gasteiger charge is -2.22. The van der Waals surface area contributed by atoms with E-state index in [0.29, 0.717) is 5.82 Å². The Bertz CT molecular complexity index is 431. The third-order valence-electron chi connectivity index (χ3n) is 3.53. The van der Waals surface area contributed by atoms with Crippen molar-refractivity contribution in [3.63, 3.8) is 0 Å². The predicted molar refractivity (Wildman–Crippen MR) is 76.0 cm³/mol. The maximum Gasteiger partial charge on any atom is 0.148 e. The lowest BCUT2D eigenvalue weighted by molar-refractivity contribution is 0.0995. The summed E-state index contributed by atoms with van der Waals surface area (Å²) in [5.74, 6) is 7.79. The lowest BCUT2D eigenvalue weighted by atomic mass is 10.1. The molecule has 2 heterocycles. The van der Waals surface area contributed by atoms with E-state index >= 15 is 0 Å². The second kappa shape index (κ2) is 6.16. The summed E-state index contributed by atoms with van der Waals surface area (Å²) in [4.78, 5) is 8.89. The third-order valence-corrected chi connectivity index (χ3v) is 3.53. The first-order valence-corrected chi connectivity index (χ1v) is 6.88. The van der Waals surface area contributed by atoms with Crippen molar-refractivity contribution in [2.75, 3.05) is 17.3 Å². The summed E-state index contributed by atoms with van der Waals surface area (Å²) in [5, 5.41) is 3.43. The van der Waals surface area contributed by atoms with Crippen LogP contribution >= 0.6 is 0 Å². The van der Waals surface area contributed by atoms with Gasteiger partial charge < -0.3 is 15.5 Å². The molecule has 0 amide bonds. The van der Waals surface area contributed by atoms with E-state index in [1.54, 1.807) is 0 Å². The van der Waals surface area contributed by atoms with Crippen molar-refractivity contribution in [3.05, 3.63) is 11.4 Å². The van der Waals surface area contributed by atoms with Crippen LogP contribution in [0.5, 0.6) is 0 Å². The highest BCUT2D eigenvalue weighted by Gasteiger charge is 2.23. The molecule has 2 atom stereocenters. The van der Waals surface area contributed by atoms with Crippen molar-refractivity contribution in [3.8, 4) is 0 Å². The topological polar surface area (TPSA) is 85.1 Å². The molecule has 106 valence electrons. The van der Waals surface area contributed by atoms with Crippen LogP contribution in [0.1, 0.15) is 38.1 Å². The molecular formula is C13H23N5O. The van der Waals surface area contributed by atoms with Gasteiger partial charge in [0.15, 0.2) is 0 Å². The Kier molecular flexibility index (Phi) is 4.55. The van der Waals surface area contributed by atoms with Gasteiger partial charge in [-0.05, 0) is 26.7 Å². The molecule has 19 heavy (non-hydrogen) atoms. The van der Waals surface area contributed by atoms with Crippen LogP contribution in [0.2, 0.25) is 0 Å². The molecule has 6 nitrogen and oxygen atoms in total. The number of nitrogen functional groups attached to an aromatic ring is 1. The highest BCUT2D eigenvalue weighted by atomic mass is 16.5. The molecule has 2 unspecified atom stereocenters. The normalized spacial score (nSPS) is 20.3. The van der Waals surface area contributed by atoms with Crippen LogP contribution in [0.15, 0.2) is 0 Å². The van der Waals surface area contributed by atoms with E-state index in [-0.39, 0.29) is 12.1 Å². The number of hydrazine groups is 1. The first kappa shape index (κ1) is 14.0. The molecular weight excluding hydrogens is 242 g/mol. The van der Waals surface area contributed by atoms with E-state index in [1.807, 2.05) is 13.8 Å². The molecule has 6 heteroatoms. The van der Waals surface area contributed by atoms with Gasteiger partial charge in [-0.3, -0.25) is 0 Å². The minimum absolute atomic E-state index is 0.228. The number of ether oxygens (including phenoxy) is 1. The first-order valence-electron chi connectivity index (χ1n) is 6.88. The first-order chi connectivity index (χ1) is 9.15. The predicted octanol–water partition coefficient (Wildman–Crippen LogP) is 1.61.